The number of nitrogens with one attached hydrogen (secondary N) is 1. The van der Waals surface area contributed by atoms with E-state index in [4.69, 9.17) is 16.3 Å². The summed E-state index contributed by atoms with van der Waals surface area (Å²) in [6.07, 6.45) is 0. The predicted octanol–water partition coefficient (Wildman–Crippen LogP) is 3.96. The third-order valence-corrected chi connectivity index (χ3v) is 6.64. The van der Waals surface area contributed by atoms with Gasteiger partial charge in [-0.3, -0.25) is 4.79 Å². The molecule has 1 N–H and O–H groups in total. The first kappa shape index (κ1) is 23.5. The molecule has 0 bridgehead atoms. The zero-order valence-electron chi connectivity index (χ0n) is 17.2. The molecule has 0 fully saturated rings. The molecule has 0 aliphatic heterocycles. The first-order chi connectivity index (χ1) is 15.3. The number of ether oxygens (including phenoxy) is 1. The van der Waals surface area contributed by atoms with Crippen LogP contribution in [0.1, 0.15) is 15.9 Å². The maximum absolute atomic E-state index is 13.3. The number of anilines is 1. The summed E-state index contributed by atoms with van der Waals surface area (Å²) in [7, 11) is -2.77. The standard InChI is InChI=1S/C23H21ClN2O5S/c1-31-23(28)20-9-5-6-10-21(20)25-22(27)16-26(15-17-7-3-2-4-8-17)32(29,30)19-13-11-18(24)12-14-19/h2-14H,15-16H2,1H3,(H,25,27). The zero-order valence-corrected chi connectivity index (χ0v) is 18.8. The van der Waals surface area contributed by atoms with Crippen molar-refractivity contribution in [3.05, 3.63) is 95.0 Å². The highest BCUT2D eigenvalue weighted by Gasteiger charge is 2.27. The van der Waals surface area contributed by atoms with Crippen LogP contribution in [0.25, 0.3) is 0 Å². The van der Waals surface area contributed by atoms with Crippen molar-refractivity contribution < 1.29 is 22.7 Å². The quantitative estimate of drug-likeness (QED) is 0.501. The molecule has 0 aliphatic rings. The lowest BCUT2D eigenvalue weighted by atomic mass is 10.2. The van der Waals surface area contributed by atoms with Crippen LogP contribution < -0.4 is 5.32 Å². The van der Waals surface area contributed by atoms with Crippen molar-refractivity contribution in [2.75, 3.05) is 19.0 Å². The summed E-state index contributed by atoms with van der Waals surface area (Å²) in [6.45, 7) is -0.479. The van der Waals surface area contributed by atoms with Gasteiger partial charge in [0.25, 0.3) is 0 Å². The van der Waals surface area contributed by atoms with E-state index in [-0.39, 0.29) is 22.7 Å². The Labute approximate surface area is 191 Å². The second kappa shape index (κ2) is 10.4. The zero-order chi connectivity index (χ0) is 23.1. The summed E-state index contributed by atoms with van der Waals surface area (Å²) in [5.74, 6) is -1.22. The number of benzene rings is 3. The minimum absolute atomic E-state index is 0.0144. The Morgan fingerprint density at radius 2 is 1.56 bits per heavy atom. The Kier molecular flexibility index (Phi) is 7.63. The molecule has 0 saturated carbocycles. The maximum atomic E-state index is 13.3. The van der Waals surface area contributed by atoms with Crippen molar-refractivity contribution in [3.8, 4) is 0 Å². The molecule has 0 radical (unpaired) electrons. The highest BCUT2D eigenvalue weighted by atomic mass is 35.5. The number of methoxy groups -OCH3 is 1. The number of sulfonamides is 1. The molecule has 1 amide bonds. The van der Waals surface area contributed by atoms with Crippen LogP contribution in [0.4, 0.5) is 5.69 Å². The van der Waals surface area contributed by atoms with E-state index in [1.54, 1.807) is 42.5 Å². The molecule has 3 aromatic carbocycles. The van der Waals surface area contributed by atoms with Crippen molar-refractivity contribution in [3.63, 3.8) is 0 Å². The molecule has 0 saturated heterocycles. The van der Waals surface area contributed by atoms with Gasteiger partial charge >= 0.3 is 5.97 Å². The molecule has 166 valence electrons. The normalized spacial score (nSPS) is 11.2. The lowest BCUT2D eigenvalue weighted by Crippen LogP contribution is -2.37. The van der Waals surface area contributed by atoms with Crippen molar-refractivity contribution in [1.82, 2.24) is 4.31 Å². The number of esters is 1. The van der Waals surface area contributed by atoms with Crippen LogP contribution in [0.5, 0.6) is 0 Å². The van der Waals surface area contributed by atoms with Crippen LogP contribution in [0.15, 0.2) is 83.8 Å². The molecule has 0 heterocycles. The minimum atomic E-state index is -4.01. The van der Waals surface area contributed by atoms with Gasteiger partial charge in [0.05, 0.1) is 29.8 Å². The fraction of sp³-hybridized carbons (Fsp3) is 0.130. The molecule has 0 atom stereocenters. The van der Waals surface area contributed by atoms with Gasteiger partial charge in [0.2, 0.25) is 15.9 Å². The largest absolute Gasteiger partial charge is 0.465 e. The molecule has 0 unspecified atom stereocenters. The van der Waals surface area contributed by atoms with E-state index in [0.29, 0.717) is 10.6 Å². The molecule has 3 rings (SSSR count). The molecular weight excluding hydrogens is 452 g/mol. The van der Waals surface area contributed by atoms with E-state index in [1.165, 1.54) is 37.4 Å². The molecule has 9 heteroatoms. The lowest BCUT2D eigenvalue weighted by molar-refractivity contribution is -0.116. The van der Waals surface area contributed by atoms with Gasteiger partial charge in [0.15, 0.2) is 0 Å². The first-order valence-corrected chi connectivity index (χ1v) is 11.4. The van der Waals surface area contributed by atoms with E-state index >= 15 is 0 Å². The van der Waals surface area contributed by atoms with Crippen LogP contribution in [0.3, 0.4) is 0 Å². The third-order valence-electron chi connectivity index (χ3n) is 4.58. The van der Waals surface area contributed by atoms with Gasteiger partial charge in [-0.25, -0.2) is 13.2 Å². The Balaban J connectivity index is 1.88. The van der Waals surface area contributed by atoms with E-state index in [9.17, 15) is 18.0 Å². The number of carbonyl (C=O) groups is 2. The molecule has 0 aliphatic carbocycles. The van der Waals surface area contributed by atoms with Gasteiger partial charge in [-0.2, -0.15) is 4.31 Å². The number of carbonyl (C=O) groups excluding carboxylic acids is 2. The minimum Gasteiger partial charge on any atom is -0.465 e. The van der Waals surface area contributed by atoms with Gasteiger partial charge in [0.1, 0.15) is 0 Å². The van der Waals surface area contributed by atoms with Crippen molar-refractivity contribution in [2.24, 2.45) is 0 Å². The predicted molar refractivity (Wildman–Crippen MR) is 122 cm³/mol. The average Bonchev–Trinajstić information content (AvgIpc) is 2.79. The number of para-hydroxylation sites is 1. The van der Waals surface area contributed by atoms with Gasteiger partial charge in [-0.1, -0.05) is 54.1 Å². The van der Waals surface area contributed by atoms with Gasteiger partial charge in [-0.05, 0) is 42.0 Å². The summed E-state index contributed by atoms with van der Waals surface area (Å²) in [5, 5.41) is 3.01. The smallest absolute Gasteiger partial charge is 0.339 e. The monoisotopic (exact) mass is 472 g/mol. The maximum Gasteiger partial charge on any atom is 0.339 e. The molecular formula is C23H21ClN2O5S. The van der Waals surface area contributed by atoms with Gasteiger partial charge in [-0.15, -0.1) is 0 Å². The molecule has 0 aromatic heterocycles. The number of rotatable bonds is 8. The molecule has 3 aromatic rings. The summed E-state index contributed by atoms with van der Waals surface area (Å²) in [4.78, 5) is 24.8. The van der Waals surface area contributed by atoms with Crippen LogP contribution in [0.2, 0.25) is 5.02 Å². The summed E-state index contributed by atoms with van der Waals surface area (Å²) < 4.78 is 32.4. The second-order valence-electron chi connectivity index (χ2n) is 6.80. The Morgan fingerprint density at radius 3 is 2.22 bits per heavy atom. The Morgan fingerprint density at radius 1 is 0.938 bits per heavy atom. The Hall–Kier alpha value is -3.20. The third kappa shape index (κ3) is 5.73. The van der Waals surface area contributed by atoms with Crippen molar-refractivity contribution >= 4 is 39.2 Å². The summed E-state index contributed by atoms with van der Waals surface area (Å²) >= 11 is 5.89. The molecule has 7 nitrogen and oxygen atoms in total. The summed E-state index contributed by atoms with van der Waals surface area (Å²) in [5.41, 5.74) is 1.11. The van der Waals surface area contributed by atoms with E-state index in [0.717, 1.165) is 4.31 Å². The van der Waals surface area contributed by atoms with Crippen LogP contribution >= 0.6 is 11.6 Å². The molecule has 0 spiro atoms. The fourth-order valence-electron chi connectivity index (χ4n) is 3.00. The van der Waals surface area contributed by atoms with Crippen LogP contribution in [-0.2, 0) is 26.1 Å². The number of halogens is 1. The lowest BCUT2D eigenvalue weighted by Gasteiger charge is -2.22. The Bertz CT molecular complexity index is 1200. The van der Waals surface area contributed by atoms with Crippen LogP contribution in [-0.4, -0.2) is 38.3 Å². The van der Waals surface area contributed by atoms with E-state index < -0.39 is 28.4 Å². The van der Waals surface area contributed by atoms with E-state index in [2.05, 4.69) is 5.32 Å². The van der Waals surface area contributed by atoms with Gasteiger partial charge < -0.3 is 10.1 Å². The number of nitrogens with zero attached hydrogens (tertiary/aromatic N) is 1. The second-order valence-corrected chi connectivity index (χ2v) is 9.17. The van der Waals surface area contributed by atoms with Crippen molar-refractivity contribution in [2.45, 2.75) is 11.4 Å². The van der Waals surface area contributed by atoms with Crippen molar-refractivity contribution in [1.29, 1.82) is 0 Å². The number of hydrogen-bond acceptors (Lipinski definition) is 5. The van der Waals surface area contributed by atoms with Gasteiger partial charge in [0, 0.05) is 11.6 Å². The first-order valence-electron chi connectivity index (χ1n) is 9.58. The molecule has 32 heavy (non-hydrogen) atoms. The summed E-state index contributed by atoms with van der Waals surface area (Å²) in [6, 6.07) is 21.0. The number of amides is 1. The SMILES string of the molecule is COC(=O)c1ccccc1NC(=O)CN(Cc1ccccc1)S(=O)(=O)c1ccc(Cl)cc1. The number of hydrogen-bond donors (Lipinski definition) is 1. The topological polar surface area (TPSA) is 92.8 Å². The van der Waals surface area contributed by atoms with E-state index in [1.807, 2.05) is 6.07 Å². The van der Waals surface area contributed by atoms with Crippen LogP contribution in [0, 0.1) is 0 Å². The highest BCUT2D eigenvalue weighted by molar-refractivity contribution is 7.89. The average molecular weight is 473 g/mol. The fourth-order valence-corrected chi connectivity index (χ4v) is 4.51. The highest BCUT2D eigenvalue weighted by Crippen LogP contribution is 2.21.